The van der Waals surface area contributed by atoms with E-state index in [0.717, 1.165) is 0 Å². The normalized spacial score (nSPS) is 11.0. The van der Waals surface area contributed by atoms with Gasteiger partial charge < -0.3 is 19.0 Å². The number of nitrogens with zero attached hydrogens (tertiary/aromatic N) is 1. The summed E-state index contributed by atoms with van der Waals surface area (Å²) in [6, 6.07) is 11.8. The molecule has 0 heterocycles. The highest BCUT2D eigenvalue weighted by atomic mass is 35.5. The van der Waals surface area contributed by atoms with Crippen LogP contribution in [0, 0.1) is 0 Å². The molecule has 6 nitrogen and oxygen atoms in total. The minimum atomic E-state index is -0.594. The molecular weight excluding hydrogens is 346 g/mol. The van der Waals surface area contributed by atoms with E-state index in [4.69, 9.17) is 30.6 Å². The van der Waals surface area contributed by atoms with Crippen molar-refractivity contribution in [2.24, 2.45) is 5.16 Å². The quantitative estimate of drug-likeness (QED) is 0.337. The molecule has 7 heteroatoms. The number of oxime groups is 1. The molecule has 0 bridgehead atoms. The summed E-state index contributed by atoms with van der Waals surface area (Å²) in [6.07, 6.45) is 0. The Morgan fingerprint density at radius 2 is 1.80 bits per heavy atom. The van der Waals surface area contributed by atoms with Gasteiger partial charge in [0.1, 0.15) is 17.9 Å². The van der Waals surface area contributed by atoms with Crippen LogP contribution in [0.25, 0.3) is 0 Å². The van der Waals surface area contributed by atoms with Gasteiger partial charge in [0.2, 0.25) is 0 Å². The van der Waals surface area contributed by atoms with Crippen molar-refractivity contribution in [3.8, 4) is 11.5 Å². The summed E-state index contributed by atoms with van der Waals surface area (Å²) < 4.78 is 16.1. The number of esters is 1. The Morgan fingerprint density at radius 1 is 1.08 bits per heavy atom. The summed E-state index contributed by atoms with van der Waals surface area (Å²) in [5.41, 5.74) is 0.655. The van der Waals surface area contributed by atoms with Crippen LogP contribution in [0.3, 0.4) is 0 Å². The van der Waals surface area contributed by atoms with E-state index in [1.807, 2.05) is 0 Å². The van der Waals surface area contributed by atoms with Crippen LogP contribution in [0.2, 0.25) is 5.02 Å². The summed E-state index contributed by atoms with van der Waals surface area (Å²) in [7, 11) is 2.92. The largest absolute Gasteiger partial charge is 0.496 e. The molecule has 0 N–H and O–H groups in total. The van der Waals surface area contributed by atoms with Crippen LogP contribution < -0.4 is 9.47 Å². The highest BCUT2D eigenvalue weighted by Crippen LogP contribution is 2.36. The third-order valence-electron chi connectivity index (χ3n) is 3.18. The number of benzene rings is 2. The molecular formula is C18H18ClNO5. The predicted molar refractivity (Wildman–Crippen MR) is 94.6 cm³/mol. The first-order valence-electron chi connectivity index (χ1n) is 7.50. The number of methoxy groups -OCH3 is 2. The van der Waals surface area contributed by atoms with E-state index >= 15 is 0 Å². The average Bonchev–Trinajstić information content (AvgIpc) is 2.65. The van der Waals surface area contributed by atoms with Gasteiger partial charge >= 0.3 is 5.97 Å². The molecule has 0 aliphatic rings. The fourth-order valence-electron chi connectivity index (χ4n) is 2.07. The number of carbonyl (C=O) groups is 1. The second-order valence-electron chi connectivity index (χ2n) is 4.73. The smallest absolute Gasteiger partial charge is 0.344 e. The maximum Gasteiger partial charge on any atom is 0.344 e. The predicted octanol–water partition coefficient (Wildman–Crippen LogP) is 3.91. The average molecular weight is 364 g/mol. The Hall–Kier alpha value is -2.73. The molecule has 0 fully saturated rings. The van der Waals surface area contributed by atoms with E-state index in [-0.39, 0.29) is 23.8 Å². The highest BCUT2D eigenvalue weighted by molar-refractivity contribution is 6.33. The van der Waals surface area contributed by atoms with Gasteiger partial charge in [0.05, 0.1) is 24.8 Å². The molecule has 0 saturated carbocycles. The van der Waals surface area contributed by atoms with Gasteiger partial charge in [0.15, 0.2) is 5.75 Å². The van der Waals surface area contributed by atoms with E-state index in [1.54, 1.807) is 49.4 Å². The first-order chi connectivity index (χ1) is 12.1. The van der Waals surface area contributed by atoms with Gasteiger partial charge in [-0.2, -0.15) is 0 Å². The molecule has 132 valence electrons. The lowest BCUT2D eigenvalue weighted by Gasteiger charge is -2.15. The van der Waals surface area contributed by atoms with Crippen molar-refractivity contribution in [3.05, 3.63) is 58.6 Å². The lowest BCUT2D eigenvalue weighted by Crippen LogP contribution is -2.16. The molecule has 0 atom stereocenters. The number of hydrogen-bond donors (Lipinski definition) is 0. The molecule has 0 amide bonds. The Balaban J connectivity index is 2.48. The van der Waals surface area contributed by atoms with Crippen molar-refractivity contribution < 1.29 is 23.8 Å². The van der Waals surface area contributed by atoms with Crippen LogP contribution in [0.4, 0.5) is 0 Å². The highest BCUT2D eigenvalue weighted by Gasteiger charge is 2.24. The molecule has 0 aliphatic heterocycles. The van der Waals surface area contributed by atoms with Crippen molar-refractivity contribution in [1.82, 2.24) is 0 Å². The Kier molecular flexibility index (Phi) is 6.65. The topological polar surface area (TPSA) is 66.4 Å². The molecule has 0 radical (unpaired) electrons. The molecule has 2 aromatic carbocycles. The fraction of sp³-hybridized carbons (Fsp3) is 0.222. The van der Waals surface area contributed by atoms with E-state index < -0.39 is 5.97 Å². The maximum atomic E-state index is 12.4. The molecule has 2 aromatic rings. The van der Waals surface area contributed by atoms with Gasteiger partial charge in [-0.3, -0.25) is 0 Å². The van der Waals surface area contributed by atoms with Crippen LogP contribution in [0.5, 0.6) is 11.5 Å². The lowest BCUT2D eigenvalue weighted by molar-refractivity contribution is 0.0693. The van der Waals surface area contributed by atoms with E-state index in [2.05, 4.69) is 5.16 Å². The zero-order valence-electron chi connectivity index (χ0n) is 14.1. The molecule has 0 unspecified atom stereocenters. The molecule has 0 spiro atoms. The number of halogens is 1. The Labute approximate surface area is 150 Å². The van der Waals surface area contributed by atoms with Gasteiger partial charge in [-0.05, 0) is 36.3 Å². The number of ether oxygens (including phenoxy) is 3. The van der Waals surface area contributed by atoms with E-state index in [9.17, 15) is 4.79 Å². The number of rotatable bonds is 6. The van der Waals surface area contributed by atoms with Crippen molar-refractivity contribution in [2.75, 3.05) is 20.8 Å². The maximum absolute atomic E-state index is 12.4. The van der Waals surface area contributed by atoms with Crippen molar-refractivity contribution >= 4 is 23.5 Å². The third-order valence-corrected chi connectivity index (χ3v) is 3.48. The van der Waals surface area contributed by atoms with Crippen LogP contribution in [0.1, 0.15) is 22.8 Å². The fourth-order valence-corrected chi connectivity index (χ4v) is 2.31. The van der Waals surface area contributed by atoms with Gasteiger partial charge in [0.25, 0.3) is 5.90 Å². The number of carbonyl (C=O) groups excluding carboxylic acids is 1. The second kappa shape index (κ2) is 8.94. The first kappa shape index (κ1) is 18.6. The molecule has 0 saturated heterocycles. The van der Waals surface area contributed by atoms with Crippen molar-refractivity contribution in [1.29, 1.82) is 0 Å². The minimum Gasteiger partial charge on any atom is -0.496 e. The lowest BCUT2D eigenvalue weighted by atomic mass is 10.1. The summed E-state index contributed by atoms with van der Waals surface area (Å²) in [5.74, 6) is -0.0593. The third kappa shape index (κ3) is 4.42. The van der Waals surface area contributed by atoms with Gasteiger partial charge in [-0.1, -0.05) is 29.8 Å². The molecule has 2 rings (SSSR count). The molecule has 0 aliphatic carbocycles. The summed E-state index contributed by atoms with van der Waals surface area (Å²) in [4.78, 5) is 17.5. The van der Waals surface area contributed by atoms with Crippen molar-refractivity contribution in [3.63, 3.8) is 0 Å². The number of hydrogen-bond acceptors (Lipinski definition) is 6. The summed E-state index contributed by atoms with van der Waals surface area (Å²) in [5, 5.41) is 4.21. The summed E-state index contributed by atoms with van der Waals surface area (Å²) in [6.45, 7) is 2.05. The van der Waals surface area contributed by atoms with E-state index in [0.29, 0.717) is 16.3 Å². The zero-order valence-corrected chi connectivity index (χ0v) is 14.9. The van der Waals surface area contributed by atoms with Crippen LogP contribution in [0.15, 0.2) is 47.6 Å². The van der Waals surface area contributed by atoms with Crippen LogP contribution in [-0.2, 0) is 9.57 Å². The van der Waals surface area contributed by atoms with Gasteiger partial charge in [-0.25, -0.2) is 4.79 Å². The van der Waals surface area contributed by atoms with Gasteiger partial charge in [-0.15, -0.1) is 0 Å². The van der Waals surface area contributed by atoms with Crippen LogP contribution >= 0.6 is 11.6 Å². The standard InChI is InChI=1S/C18H18ClNO5/c1-4-24-20-17(25-18(21)12-8-6-5-7-9-12)15-14(22-2)11-10-13(19)16(15)23-3/h5-11H,4H2,1-3H3/b20-17+. The second-order valence-corrected chi connectivity index (χ2v) is 5.13. The molecule has 25 heavy (non-hydrogen) atoms. The Morgan fingerprint density at radius 3 is 2.40 bits per heavy atom. The SMILES string of the molecule is CCO/N=C(/OC(=O)c1ccccc1)c1c(OC)ccc(Cl)c1OC. The first-order valence-corrected chi connectivity index (χ1v) is 7.88. The van der Waals surface area contributed by atoms with Crippen LogP contribution in [-0.4, -0.2) is 32.7 Å². The molecule has 0 aromatic heterocycles. The van der Waals surface area contributed by atoms with E-state index in [1.165, 1.54) is 14.2 Å². The van der Waals surface area contributed by atoms with Gasteiger partial charge in [0, 0.05) is 0 Å². The summed E-state index contributed by atoms with van der Waals surface area (Å²) >= 11 is 6.17. The van der Waals surface area contributed by atoms with Crippen molar-refractivity contribution in [2.45, 2.75) is 6.92 Å². The minimum absolute atomic E-state index is 0.105. The monoisotopic (exact) mass is 363 g/mol. The Bertz CT molecular complexity index is 762. The zero-order chi connectivity index (χ0) is 18.2.